The molecule has 2 aromatic heterocycles. The van der Waals surface area contributed by atoms with E-state index in [1.54, 1.807) is 0 Å². The molecule has 1 N–H and O–H groups in total. The first-order valence-electron chi connectivity index (χ1n) is 9.04. The van der Waals surface area contributed by atoms with Crippen molar-refractivity contribution in [2.75, 3.05) is 50.7 Å². The summed E-state index contributed by atoms with van der Waals surface area (Å²) in [5.74, 6) is 1.19. The van der Waals surface area contributed by atoms with Crippen LogP contribution in [0.5, 0.6) is 0 Å². The SMILES string of the molecule is c1cn2c(CCN3CCCCC3)ncc2cc1N1CCNCC1. The predicted molar refractivity (Wildman–Crippen MR) is 94.3 cm³/mol. The van der Waals surface area contributed by atoms with E-state index in [-0.39, 0.29) is 0 Å². The van der Waals surface area contributed by atoms with E-state index in [0.29, 0.717) is 0 Å². The Kier molecular flexibility index (Phi) is 4.48. The second-order valence-electron chi connectivity index (χ2n) is 6.74. The fourth-order valence-corrected chi connectivity index (χ4v) is 3.79. The summed E-state index contributed by atoms with van der Waals surface area (Å²) in [5.41, 5.74) is 2.54. The van der Waals surface area contributed by atoms with Crippen molar-refractivity contribution in [1.29, 1.82) is 0 Å². The molecule has 0 unspecified atom stereocenters. The highest BCUT2D eigenvalue weighted by Gasteiger charge is 2.14. The number of nitrogens with one attached hydrogen (secondary N) is 1. The Bertz CT molecular complexity index is 638. The molecule has 0 radical (unpaired) electrons. The summed E-state index contributed by atoms with van der Waals surface area (Å²) in [4.78, 5) is 9.71. The van der Waals surface area contributed by atoms with Gasteiger partial charge in [0.25, 0.3) is 0 Å². The van der Waals surface area contributed by atoms with Gasteiger partial charge in [-0.1, -0.05) is 6.42 Å². The number of nitrogens with zero attached hydrogens (tertiary/aromatic N) is 4. The highest BCUT2D eigenvalue weighted by molar-refractivity contribution is 5.59. The highest BCUT2D eigenvalue weighted by Crippen LogP contribution is 2.19. The van der Waals surface area contributed by atoms with Crippen molar-refractivity contribution < 1.29 is 0 Å². The minimum absolute atomic E-state index is 1.04. The molecule has 5 heteroatoms. The lowest BCUT2D eigenvalue weighted by molar-refractivity contribution is 0.230. The topological polar surface area (TPSA) is 35.8 Å². The van der Waals surface area contributed by atoms with Gasteiger partial charge in [-0.15, -0.1) is 0 Å². The number of hydrogen-bond donors (Lipinski definition) is 1. The van der Waals surface area contributed by atoms with E-state index >= 15 is 0 Å². The van der Waals surface area contributed by atoms with E-state index in [2.05, 4.69) is 42.8 Å². The second-order valence-corrected chi connectivity index (χ2v) is 6.74. The van der Waals surface area contributed by atoms with Crippen LogP contribution in [0.15, 0.2) is 24.5 Å². The lowest BCUT2D eigenvalue weighted by Gasteiger charge is -2.29. The highest BCUT2D eigenvalue weighted by atomic mass is 15.2. The van der Waals surface area contributed by atoms with Crippen molar-refractivity contribution in [2.24, 2.45) is 0 Å². The lowest BCUT2D eigenvalue weighted by Crippen LogP contribution is -2.43. The molecule has 5 nitrogen and oxygen atoms in total. The van der Waals surface area contributed by atoms with Crippen molar-refractivity contribution in [3.63, 3.8) is 0 Å². The van der Waals surface area contributed by atoms with Gasteiger partial charge in [-0.05, 0) is 38.1 Å². The first kappa shape index (κ1) is 15.0. The number of aromatic nitrogens is 2. The van der Waals surface area contributed by atoms with Gasteiger partial charge in [-0.2, -0.15) is 0 Å². The Balaban J connectivity index is 1.46. The fourth-order valence-electron chi connectivity index (χ4n) is 3.79. The normalized spacial score (nSPS) is 20.3. The molecule has 2 aliphatic heterocycles. The maximum Gasteiger partial charge on any atom is 0.114 e. The van der Waals surface area contributed by atoms with Crippen LogP contribution >= 0.6 is 0 Å². The predicted octanol–water partition coefficient (Wildman–Crippen LogP) is 1.77. The molecule has 2 saturated heterocycles. The average molecular weight is 313 g/mol. The summed E-state index contributed by atoms with van der Waals surface area (Å²) >= 11 is 0. The zero-order valence-electron chi connectivity index (χ0n) is 13.9. The Labute approximate surface area is 138 Å². The Morgan fingerprint density at radius 1 is 1.04 bits per heavy atom. The second kappa shape index (κ2) is 6.89. The number of imidazole rings is 1. The smallest absolute Gasteiger partial charge is 0.114 e. The van der Waals surface area contributed by atoms with Crippen LogP contribution < -0.4 is 10.2 Å². The van der Waals surface area contributed by atoms with Crippen LogP contribution in [-0.2, 0) is 6.42 Å². The largest absolute Gasteiger partial charge is 0.369 e. The molecule has 2 aliphatic rings. The fraction of sp³-hybridized carbons (Fsp3) is 0.611. The Morgan fingerprint density at radius 2 is 1.87 bits per heavy atom. The maximum atomic E-state index is 4.67. The van der Waals surface area contributed by atoms with Gasteiger partial charge in [-0.3, -0.25) is 0 Å². The van der Waals surface area contributed by atoms with Gasteiger partial charge in [0.2, 0.25) is 0 Å². The molecule has 0 bridgehead atoms. The summed E-state index contributed by atoms with van der Waals surface area (Å²) in [7, 11) is 0. The van der Waals surface area contributed by atoms with E-state index in [1.165, 1.54) is 49.4 Å². The molecule has 124 valence electrons. The van der Waals surface area contributed by atoms with Crippen LogP contribution in [0.1, 0.15) is 25.1 Å². The van der Waals surface area contributed by atoms with Crippen LogP contribution in [0.3, 0.4) is 0 Å². The molecule has 0 atom stereocenters. The third-order valence-electron chi connectivity index (χ3n) is 5.17. The molecule has 23 heavy (non-hydrogen) atoms. The summed E-state index contributed by atoms with van der Waals surface area (Å²) in [6.07, 6.45) is 9.38. The van der Waals surface area contributed by atoms with Crippen molar-refractivity contribution in [1.82, 2.24) is 19.6 Å². The zero-order chi connectivity index (χ0) is 15.5. The number of likely N-dealkylation sites (tertiary alicyclic amines) is 1. The summed E-state index contributed by atoms with van der Waals surface area (Å²) < 4.78 is 2.26. The molecule has 0 aliphatic carbocycles. The molecular formula is C18H27N5. The maximum absolute atomic E-state index is 4.67. The zero-order valence-corrected chi connectivity index (χ0v) is 13.9. The van der Waals surface area contributed by atoms with Gasteiger partial charge in [0.1, 0.15) is 5.82 Å². The Morgan fingerprint density at radius 3 is 2.70 bits per heavy atom. The van der Waals surface area contributed by atoms with Crippen LogP contribution in [-0.4, -0.2) is 60.1 Å². The molecule has 4 heterocycles. The molecular weight excluding hydrogens is 286 g/mol. The lowest BCUT2D eigenvalue weighted by atomic mass is 10.1. The van der Waals surface area contributed by atoms with Crippen LogP contribution in [0.25, 0.3) is 5.52 Å². The summed E-state index contributed by atoms with van der Waals surface area (Å²) in [6.45, 7) is 7.99. The number of pyridine rings is 1. The molecule has 0 amide bonds. The first-order valence-corrected chi connectivity index (χ1v) is 9.04. The van der Waals surface area contributed by atoms with Gasteiger partial charge >= 0.3 is 0 Å². The van der Waals surface area contributed by atoms with E-state index < -0.39 is 0 Å². The third kappa shape index (κ3) is 3.35. The quantitative estimate of drug-likeness (QED) is 0.933. The van der Waals surface area contributed by atoms with Gasteiger partial charge in [-0.25, -0.2) is 4.98 Å². The first-order chi connectivity index (χ1) is 11.4. The van der Waals surface area contributed by atoms with Gasteiger partial charge in [0.15, 0.2) is 0 Å². The van der Waals surface area contributed by atoms with E-state index in [0.717, 1.165) is 39.1 Å². The number of piperazine rings is 1. The molecule has 0 saturated carbocycles. The molecule has 2 aromatic rings. The number of anilines is 1. The number of hydrogen-bond acceptors (Lipinski definition) is 4. The van der Waals surface area contributed by atoms with E-state index in [4.69, 9.17) is 0 Å². The van der Waals surface area contributed by atoms with Crippen molar-refractivity contribution in [3.8, 4) is 0 Å². The molecule has 0 aromatic carbocycles. The summed E-state index contributed by atoms with van der Waals surface area (Å²) in [6, 6.07) is 4.52. The van der Waals surface area contributed by atoms with Crippen LogP contribution in [0.2, 0.25) is 0 Å². The van der Waals surface area contributed by atoms with Crippen molar-refractivity contribution in [3.05, 3.63) is 30.4 Å². The number of fused-ring (bicyclic) bond motifs is 1. The monoisotopic (exact) mass is 313 g/mol. The number of rotatable bonds is 4. The average Bonchev–Trinajstić information content (AvgIpc) is 3.04. The molecule has 4 rings (SSSR count). The molecule has 0 spiro atoms. The van der Waals surface area contributed by atoms with Crippen LogP contribution in [0.4, 0.5) is 5.69 Å². The van der Waals surface area contributed by atoms with Gasteiger partial charge < -0.3 is 19.5 Å². The number of piperidine rings is 1. The third-order valence-corrected chi connectivity index (χ3v) is 5.17. The van der Waals surface area contributed by atoms with Crippen molar-refractivity contribution in [2.45, 2.75) is 25.7 Å². The van der Waals surface area contributed by atoms with Crippen LogP contribution in [0, 0.1) is 0 Å². The standard InChI is InChI=1S/C18H27N5/c1-2-8-21(9-3-1)10-5-18-20-15-17-14-16(4-11-23(17)18)22-12-6-19-7-13-22/h4,11,14-15,19H,1-3,5-10,12-13H2. The van der Waals surface area contributed by atoms with Gasteiger partial charge in [0, 0.05) is 51.0 Å². The van der Waals surface area contributed by atoms with E-state index in [1.807, 2.05) is 6.20 Å². The molecule has 2 fully saturated rings. The van der Waals surface area contributed by atoms with Gasteiger partial charge in [0.05, 0.1) is 11.7 Å². The van der Waals surface area contributed by atoms with E-state index in [9.17, 15) is 0 Å². The summed E-state index contributed by atoms with van der Waals surface area (Å²) in [5, 5.41) is 3.41. The van der Waals surface area contributed by atoms with Crippen molar-refractivity contribution >= 4 is 11.2 Å². The minimum atomic E-state index is 1.04. The Hall–Kier alpha value is -1.59. The minimum Gasteiger partial charge on any atom is -0.369 e.